The molecule has 0 unspecified atom stereocenters. The third kappa shape index (κ3) is 3.17. The van der Waals surface area contributed by atoms with Crippen molar-refractivity contribution < 1.29 is 8.42 Å². The van der Waals surface area contributed by atoms with Gasteiger partial charge in [-0.1, -0.05) is 0 Å². The number of aromatic nitrogens is 1. The number of anilines is 1. The van der Waals surface area contributed by atoms with Gasteiger partial charge in [-0.15, -0.1) is 0 Å². The highest BCUT2D eigenvalue weighted by atomic mass is 32.2. The van der Waals surface area contributed by atoms with Crippen molar-refractivity contribution in [3.05, 3.63) is 40.7 Å². The maximum Gasteiger partial charge on any atom is 0.262 e. The number of rotatable bonds is 6. The van der Waals surface area contributed by atoms with Crippen LogP contribution in [0.3, 0.4) is 0 Å². The summed E-state index contributed by atoms with van der Waals surface area (Å²) < 4.78 is 26.5. The first-order valence-corrected chi connectivity index (χ1v) is 8.60. The van der Waals surface area contributed by atoms with Crippen LogP contribution in [-0.4, -0.2) is 31.3 Å². The predicted octanol–water partition coefficient (Wildman–Crippen LogP) is 2.40. The van der Waals surface area contributed by atoms with E-state index in [0.29, 0.717) is 18.8 Å². The van der Waals surface area contributed by atoms with E-state index < -0.39 is 10.0 Å². The minimum absolute atomic E-state index is 0.0691. The maximum absolute atomic E-state index is 12.6. The Hall–Kier alpha value is -1.44. The molecule has 0 saturated heterocycles. The summed E-state index contributed by atoms with van der Waals surface area (Å²) in [5.41, 5.74) is 1.51. The molecular formula is C13H17N3O2S2. The second-order valence-corrected chi connectivity index (χ2v) is 7.02. The van der Waals surface area contributed by atoms with Crippen LogP contribution in [0, 0.1) is 0 Å². The van der Waals surface area contributed by atoms with Crippen LogP contribution in [0.2, 0.25) is 0 Å². The summed E-state index contributed by atoms with van der Waals surface area (Å²) in [7, 11) is -2.04. The van der Waals surface area contributed by atoms with Crippen LogP contribution < -0.4 is 5.32 Å². The minimum Gasteiger partial charge on any atom is -0.383 e. The Kier molecular flexibility index (Phi) is 4.74. The van der Waals surface area contributed by atoms with Crippen molar-refractivity contribution in [1.82, 2.24) is 9.29 Å². The molecule has 2 heterocycles. The zero-order valence-electron chi connectivity index (χ0n) is 11.4. The van der Waals surface area contributed by atoms with E-state index in [2.05, 4.69) is 10.3 Å². The van der Waals surface area contributed by atoms with Gasteiger partial charge >= 0.3 is 0 Å². The normalized spacial score (nSPS) is 11.8. The fraction of sp³-hybridized carbons (Fsp3) is 0.308. The Bertz CT molecular complexity index is 654. The molecule has 0 spiro atoms. The number of hydrogen-bond donors (Lipinski definition) is 1. The largest absolute Gasteiger partial charge is 0.383 e. The third-order valence-electron chi connectivity index (χ3n) is 2.78. The van der Waals surface area contributed by atoms with Gasteiger partial charge in [0.25, 0.3) is 10.0 Å². The van der Waals surface area contributed by atoms with Gasteiger partial charge in [-0.25, -0.2) is 13.4 Å². The smallest absolute Gasteiger partial charge is 0.262 e. The first kappa shape index (κ1) is 15.0. The fourth-order valence-electron chi connectivity index (χ4n) is 1.79. The first-order chi connectivity index (χ1) is 9.55. The van der Waals surface area contributed by atoms with E-state index in [4.69, 9.17) is 0 Å². The molecule has 0 saturated carbocycles. The van der Waals surface area contributed by atoms with E-state index in [0.717, 1.165) is 5.56 Å². The summed E-state index contributed by atoms with van der Waals surface area (Å²) in [6.45, 7) is 2.90. The van der Waals surface area contributed by atoms with E-state index in [9.17, 15) is 8.42 Å². The molecule has 5 nitrogen and oxygen atoms in total. The van der Waals surface area contributed by atoms with E-state index in [-0.39, 0.29) is 5.03 Å². The molecule has 20 heavy (non-hydrogen) atoms. The molecular weight excluding hydrogens is 294 g/mol. The van der Waals surface area contributed by atoms with Crippen LogP contribution in [0.4, 0.5) is 5.69 Å². The molecule has 0 aromatic carbocycles. The van der Waals surface area contributed by atoms with Gasteiger partial charge in [0.1, 0.15) is 0 Å². The SMILES string of the molecule is CCNc1cccnc1S(=O)(=O)N(C)Cc1ccsc1. The molecule has 1 N–H and O–H groups in total. The van der Waals surface area contributed by atoms with Gasteiger partial charge in [-0.05, 0) is 41.4 Å². The average Bonchev–Trinajstić information content (AvgIpc) is 2.92. The predicted molar refractivity (Wildman–Crippen MR) is 81.4 cm³/mol. The average molecular weight is 311 g/mol. The van der Waals surface area contributed by atoms with E-state index in [1.165, 1.54) is 10.5 Å². The van der Waals surface area contributed by atoms with Crippen LogP contribution in [0.5, 0.6) is 0 Å². The molecule has 0 bridgehead atoms. The van der Waals surface area contributed by atoms with Gasteiger partial charge in [-0.3, -0.25) is 0 Å². The lowest BCUT2D eigenvalue weighted by Crippen LogP contribution is -2.28. The highest BCUT2D eigenvalue weighted by molar-refractivity contribution is 7.89. The highest BCUT2D eigenvalue weighted by Crippen LogP contribution is 2.22. The summed E-state index contributed by atoms with van der Waals surface area (Å²) in [5, 5.41) is 6.97. The van der Waals surface area contributed by atoms with Gasteiger partial charge in [0, 0.05) is 26.3 Å². The van der Waals surface area contributed by atoms with Crippen molar-refractivity contribution >= 4 is 27.0 Å². The lowest BCUT2D eigenvalue weighted by atomic mass is 10.3. The molecule has 0 aliphatic heterocycles. The Morgan fingerprint density at radius 2 is 2.20 bits per heavy atom. The Morgan fingerprint density at radius 1 is 1.40 bits per heavy atom. The van der Waals surface area contributed by atoms with Gasteiger partial charge in [0.15, 0.2) is 5.03 Å². The Balaban J connectivity index is 2.30. The number of thiophene rings is 1. The second-order valence-electron chi connectivity index (χ2n) is 4.28. The highest BCUT2D eigenvalue weighted by Gasteiger charge is 2.25. The summed E-state index contributed by atoms with van der Waals surface area (Å²) in [6, 6.07) is 5.36. The number of pyridine rings is 1. The summed E-state index contributed by atoms with van der Waals surface area (Å²) in [5.74, 6) is 0. The van der Waals surface area contributed by atoms with Crippen molar-refractivity contribution in [3.63, 3.8) is 0 Å². The van der Waals surface area contributed by atoms with Crippen LogP contribution in [0.1, 0.15) is 12.5 Å². The quantitative estimate of drug-likeness (QED) is 0.890. The zero-order valence-corrected chi connectivity index (χ0v) is 13.0. The Morgan fingerprint density at radius 3 is 2.85 bits per heavy atom. The summed E-state index contributed by atoms with van der Waals surface area (Å²) in [4.78, 5) is 4.03. The fourth-order valence-corrected chi connectivity index (χ4v) is 3.68. The van der Waals surface area contributed by atoms with Gasteiger partial charge < -0.3 is 5.32 Å². The molecule has 0 aliphatic carbocycles. The topological polar surface area (TPSA) is 62.3 Å². The van der Waals surface area contributed by atoms with Crippen molar-refractivity contribution in [2.75, 3.05) is 18.9 Å². The van der Waals surface area contributed by atoms with E-state index in [1.807, 2.05) is 23.8 Å². The number of sulfonamides is 1. The maximum atomic E-state index is 12.6. The van der Waals surface area contributed by atoms with Crippen LogP contribution in [-0.2, 0) is 16.6 Å². The first-order valence-electron chi connectivity index (χ1n) is 6.22. The lowest BCUT2D eigenvalue weighted by Gasteiger charge is -2.18. The van der Waals surface area contributed by atoms with Gasteiger partial charge in [0.05, 0.1) is 5.69 Å². The van der Waals surface area contributed by atoms with Crippen molar-refractivity contribution in [3.8, 4) is 0 Å². The monoisotopic (exact) mass is 311 g/mol. The number of nitrogens with zero attached hydrogens (tertiary/aromatic N) is 2. The molecule has 108 valence electrons. The molecule has 0 fully saturated rings. The Labute approximate surface area is 123 Å². The minimum atomic E-state index is -3.60. The molecule has 0 atom stereocenters. The van der Waals surface area contributed by atoms with Crippen LogP contribution in [0.25, 0.3) is 0 Å². The molecule has 0 radical (unpaired) electrons. The second kappa shape index (κ2) is 6.34. The molecule has 7 heteroatoms. The van der Waals surface area contributed by atoms with E-state index >= 15 is 0 Å². The summed E-state index contributed by atoms with van der Waals surface area (Å²) in [6.07, 6.45) is 1.49. The number of hydrogen-bond acceptors (Lipinski definition) is 5. The molecule has 2 aromatic rings. The summed E-state index contributed by atoms with van der Waals surface area (Å²) >= 11 is 1.55. The van der Waals surface area contributed by atoms with Crippen molar-refractivity contribution in [2.24, 2.45) is 0 Å². The zero-order chi connectivity index (χ0) is 14.6. The van der Waals surface area contributed by atoms with E-state index in [1.54, 1.807) is 30.5 Å². The van der Waals surface area contributed by atoms with Gasteiger partial charge in [0.2, 0.25) is 0 Å². The number of nitrogens with one attached hydrogen (secondary N) is 1. The molecule has 2 rings (SSSR count). The van der Waals surface area contributed by atoms with Crippen LogP contribution in [0.15, 0.2) is 40.2 Å². The van der Waals surface area contributed by atoms with Crippen molar-refractivity contribution in [2.45, 2.75) is 18.5 Å². The van der Waals surface area contributed by atoms with Crippen LogP contribution >= 0.6 is 11.3 Å². The third-order valence-corrected chi connectivity index (χ3v) is 5.27. The van der Waals surface area contributed by atoms with Gasteiger partial charge in [-0.2, -0.15) is 15.6 Å². The van der Waals surface area contributed by atoms with Crippen molar-refractivity contribution in [1.29, 1.82) is 0 Å². The molecule has 2 aromatic heterocycles. The standard InChI is InChI=1S/C13H17N3O2S2/c1-3-14-12-5-4-7-15-13(12)20(17,18)16(2)9-11-6-8-19-10-11/h4-8,10,14H,3,9H2,1-2H3. The molecule has 0 amide bonds. The lowest BCUT2D eigenvalue weighted by molar-refractivity contribution is 0.464. The molecule has 0 aliphatic rings.